The topological polar surface area (TPSA) is 139 Å². The van der Waals surface area contributed by atoms with Crippen LogP contribution in [0.5, 0.6) is 0 Å². The molecule has 0 unspecified atom stereocenters. The average molecular weight is 684 g/mol. The van der Waals surface area contributed by atoms with Gasteiger partial charge in [-0.05, 0) is 87.0 Å². The summed E-state index contributed by atoms with van der Waals surface area (Å²) in [4.78, 5) is 25.5. The molecule has 4 aromatic carbocycles. The third kappa shape index (κ3) is 9.16. The van der Waals surface area contributed by atoms with Crippen LogP contribution in [0.2, 0.25) is 5.02 Å². The van der Waals surface area contributed by atoms with E-state index < -0.39 is 37.5 Å². The molecule has 1 amide bonds. The fraction of sp³-hybridized carbons (Fsp3) is 0.212. The zero-order chi connectivity index (χ0) is 33.5. The Bertz CT molecular complexity index is 1910. The highest BCUT2D eigenvalue weighted by molar-refractivity contribution is 7.93. The molecular formula is C33H34ClN3O7S2. The lowest BCUT2D eigenvalue weighted by Crippen LogP contribution is -2.39. The van der Waals surface area contributed by atoms with Crippen LogP contribution in [-0.4, -0.2) is 47.4 Å². The fourth-order valence-electron chi connectivity index (χ4n) is 4.46. The molecule has 0 saturated heterocycles. The normalized spacial score (nSPS) is 11.9. The summed E-state index contributed by atoms with van der Waals surface area (Å²) in [6.45, 7) is 4.77. The largest absolute Gasteiger partial charge is 0.460 e. The van der Waals surface area contributed by atoms with E-state index in [1.807, 2.05) is 0 Å². The monoisotopic (exact) mass is 683 g/mol. The second-order valence-corrected chi connectivity index (χ2v) is 15.2. The first-order valence-electron chi connectivity index (χ1n) is 14.2. The number of rotatable bonds is 12. The van der Waals surface area contributed by atoms with Gasteiger partial charge < -0.3 is 10.1 Å². The zero-order valence-corrected chi connectivity index (χ0v) is 27.8. The van der Waals surface area contributed by atoms with Gasteiger partial charge in [0.15, 0.2) is 0 Å². The van der Waals surface area contributed by atoms with E-state index in [-0.39, 0.29) is 40.6 Å². The molecule has 4 aromatic rings. The first kappa shape index (κ1) is 34.6. The molecule has 0 heterocycles. The van der Waals surface area contributed by atoms with E-state index >= 15 is 0 Å². The van der Waals surface area contributed by atoms with E-state index in [4.69, 9.17) is 16.3 Å². The van der Waals surface area contributed by atoms with Crippen molar-refractivity contribution >= 4 is 54.9 Å². The number of carbonyl (C=O) groups excluding carboxylic acids is 2. The molecule has 0 aromatic heterocycles. The molecule has 0 atom stereocenters. The molecule has 242 valence electrons. The Hall–Kier alpha value is -4.23. The van der Waals surface area contributed by atoms with Gasteiger partial charge in [0.25, 0.3) is 15.9 Å². The maximum Gasteiger partial charge on any atom is 0.310 e. The number of halogens is 1. The molecule has 0 aliphatic rings. The lowest BCUT2D eigenvalue weighted by Gasteiger charge is -2.25. The molecule has 0 aliphatic heterocycles. The highest BCUT2D eigenvalue weighted by Crippen LogP contribution is 2.27. The number of benzene rings is 4. The van der Waals surface area contributed by atoms with Gasteiger partial charge in [-0.3, -0.25) is 13.9 Å². The molecule has 13 heteroatoms. The van der Waals surface area contributed by atoms with Crippen molar-refractivity contribution in [2.45, 2.75) is 42.6 Å². The Morgan fingerprint density at radius 3 is 2.15 bits per heavy atom. The molecule has 0 spiro atoms. The average Bonchev–Trinajstić information content (AvgIpc) is 2.99. The number of sulfonamides is 2. The maximum absolute atomic E-state index is 14.2. The van der Waals surface area contributed by atoms with Gasteiger partial charge in [0.05, 0.1) is 22.6 Å². The van der Waals surface area contributed by atoms with Gasteiger partial charge in [0.1, 0.15) is 10.5 Å². The highest BCUT2D eigenvalue weighted by atomic mass is 35.5. The predicted molar refractivity (Wildman–Crippen MR) is 178 cm³/mol. The van der Waals surface area contributed by atoms with Gasteiger partial charge in [-0.2, -0.15) is 0 Å². The van der Waals surface area contributed by atoms with E-state index in [0.29, 0.717) is 16.3 Å². The summed E-state index contributed by atoms with van der Waals surface area (Å²) in [6.07, 6.45) is -0.0141. The molecule has 0 bridgehead atoms. The van der Waals surface area contributed by atoms with E-state index in [1.165, 1.54) is 42.5 Å². The number of amides is 1. The fourth-order valence-corrected chi connectivity index (χ4v) is 7.27. The summed E-state index contributed by atoms with van der Waals surface area (Å²) in [6, 6.07) is 26.1. The lowest BCUT2D eigenvalue weighted by molar-refractivity contribution is -0.153. The Balaban J connectivity index is 1.58. The number of hydrogen-bond donors (Lipinski definition) is 2. The zero-order valence-electron chi connectivity index (χ0n) is 25.4. The van der Waals surface area contributed by atoms with E-state index in [9.17, 15) is 26.4 Å². The van der Waals surface area contributed by atoms with Crippen LogP contribution in [0, 0.1) is 0 Å². The molecule has 2 N–H and O–H groups in total. The number of anilines is 2. The van der Waals surface area contributed by atoms with Crippen LogP contribution >= 0.6 is 11.6 Å². The van der Waals surface area contributed by atoms with Crippen LogP contribution < -0.4 is 14.3 Å². The van der Waals surface area contributed by atoms with Crippen molar-refractivity contribution in [2.75, 3.05) is 22.7 Å². The third-order valence-corrected chi connectivity index (χ3v) is 10.0. The van der Waals surface area contributed by atoms with Crippen LogP contribution in [-0.2, 0) is 36.0 Å². The van der Waals surface area contributed by atoms with Crippen molar-refractivity contribution in [3.05, 3.63) is 119 Å². The number of nitrogens with zero attached hydrogens (tertiary/aromatic N) is 1. The molecule has 0 aliphatic carbocycles. The van der Waals surface area contributed by atoms with Crippen LogP contribution in [0.4, 0.5) is 11.4 Å². The summed E-state index contributed by atoms with van der Waals surface area (Å²) >= 11 is 5.87. The lowest BCUT2D eigenvalue weighted by atomic mass is 10.1. The van der Waals surface area contributed by atoms with Gasteiger partial charge in [0.2, 0.25) is 10.0 Å². The minimum absolute atomic E-state index is 0.0141. The van der Waals surface area contributed by atoms with Crippen molar-refractivity contribution in [2.24, 2.45) is 0 Å². The standard InChI is InChI=1S/C33H34ClN3O7S2/c1-33(2,3)44-31(38)23-24-10-9-11-26(22-24)36-32(39)29-14-7-8-15-30(29)46(42,43)37(27-12-5-4-6-13-27)21-20-35-45(40,41)28-18-16-25(34)17-19-28/h4-19,22,35H,20-21,23H2,1-3H3,(H,36,39). The smallest absolute Gasteiger partial charge is 0.310 e. The summed E-state index contributed by atoms with van der Waals surface area (Å²) in [5.74, 6) is -1.12. The molecule has 0 saturated carbocycles. The second kappa shape index (κ2) is 14.5. The Morgan fingerprint density at radius 2 is 1.48 bits per heavy atom. The molecule has 4 rings (SSSR count). The highest BCUT2D eigenvalue weighted by Gasteiger charge is 2.30. The molecule has 46 heavy (non-hydrogen) atoms. The quantitative estimate of drug-likeness (QED) is 0.184. The minimum atomic E-state index is -4.39. The number of ether oxygens (including phenoxy) is 1. The van der Waals surface area contributed by atoms with Crippen LogP contribution in [0.25, 0.3) is 0 Å². The summed E-state index contributed by atoms with van der Waals surface area (Å²) in [5.41, 5.74) is 0.465. The number of hydrogen-bond acceptors (Lipinski definition) is 7. The van der Waals surface area contributed by atoms with E-state index in [0.717, 1.165) is 4.31 Å². The minimum Gasteiger partial charge on any atom is -0.460 e. The van der Waals surface area contributed by atoms with Gasteiger partial charge >= 0.3 is 5.97 Å². The predicted octanol–water partition coefficient (Wildman–Crippen LogP) is 5.65. The second-order valence-electron chi connectivity index (χ2n) is 11.2. The van der Waals surface area contributed by atoms with E-state index in [1.54, 1.807) is 81.4 Å². The number of carbonyl (C=O) groups is 2. The SMILES string of the molecule is CC(C)(C)OC(=O)Cc1cccc(NC(=O)c2ccccc2S(=O)(=O)N(CCNS(=O)(=O)c2ccc(Cl)cc2)c2ccccc2)c1. The van der Waals surface area contributed by atoms with Gasteiger partial charge in [-0.1, -0.05) is 54.1 Å². The Labute approximate surface area is 274 Å². The van der Waals surface area contributed by atoms with Crippen molar-refractivity contribution in [1.82, 2.24) is 4.72 Å². The van der Waals surface area contributed by atoms with Gasteiger partial charge in [-0.25, -0.2) is 21.6 Å². The summed E-state index contributed by atoms with van der Waals surface area (Å²) in [7, 11) is -8.36. The number of para-hydroxylation sites is 1. The maximum atomic E-state index is 14.2. The summed E-state index contributed by atoms with van der Waals surface area (Å²) in [5, 5.41) is 3.09. The first-order valence-corrected chi connectivity index (χ1v) is 17.5. The molecular weight excluding hydrogens is 650 g/mol. The molecule has 10 nitrogen and oxygen atoms in total. The van der Waals surface area contributed by atoms with Crippen LogP contribution in [0.3, 0.4) is 0 Å². The summed E-state index contributed by atoms with van der Waals surface area (Å²) < 4.78 is 62.9. The van der Waals surface area contributed by atoms with Crippen molar-refractivity contribution in [3.63, 3.8) is 0 Å². The third-order valence-electron chi connectivity index (χ3n) is 6.43. The van der Waals surface area contributed by atoms with Gasteiger partial charge in [0, 0.05) is 23.8 Å². The first-order chi connectivity index (χ1) is 21.7. The number of esters is 1. The van der Waals surface area contributed by atoms with Gasteiger partial charge in [-0.15, -0.1) is 0 Å². The van der Waals surface area contributed by atoms with Crippen molar-refractivity contribution in [3.8, 4) is 0 Å². The molecule has 0 fully saturated rings. The van der Waals surface area contributed by atoms with E-state index in [2.05, 4.69) is 10.0 Å². The molecule has 0 radical (unpaired) electrons. The Kier molecular flexibility index (Phi) is 10.9. The van der Waals surface area contributed by atoms with Crippen molar-refractivity contribution in [1.29, 1.82) is 0 Å². The number of nitrogens with one attached hydrogen (secondary N) is 2. The van der Waals surface area contributed by atoms with Crippen LogP contribution in [0.1, 0.15) is 36.7 Å². The Morgan fingerprint density at radius 1 is 0.826 bits per heavy atom. The van der Waals surface area contributed by atoms with Crippen LogP contribution in [0.15, 0.2) is 113 Å². The van der Waals surface area contributed by atoms with Crippen molar-refractivity contribution < 1.29 is 31.2 Å².